The normalized spacial score (nSPS) is 10.5. The minimum absolute atomic E-state index is 0.275. The second kappa shape index (κ2) is 5.18. The molecule has 0 saturated heterocycles. The predicted molar refractivity (Wildman–Crippen MR) is 74.9 cm³/mol. The van der Waals surface area contributed by atoms with Crippen molar-refractivity contribution < 1.29 is 9.53 Å². The zero-order chi connectivity index (χ0) is 14.0. The van der Waals surface area contributed by atoms with Crippen molar-refractivity contribution in [1.82, 2.24) is 4.57 Å². The molecule has 2 rings (SSSR count). The maximum Gasteiger partial charge on any atom is 0.355 e. The van der Waals surface area contributed by atoms with Gasteiger partial charge in [0.25, 0.3) is 0 Å². The van der Waals surface area contributed by atoms with Crippen LogP contribution >= 0.6 is 0 Å². The molecule has 0 aliphatic carbocycles. The van der Waals surface area contributed by atoms with E-state index in [9.17, 15) is 4.79 Å². The molecule has 0 amide bonds. The van der Waals surface area contributed by atoms with Gasteiger partial charge in [-0.25, -0.2) is 4.79 Å². The Kier molecular flexibility index (Phi) is 3.60. The van der Waals surface area contributed by atoms with Crippen molar-refractivity contribution in [3.8, 4) is 0 Å². The summed E-state index contributed by atoms with van der Waals surface area (Å²) in [5.41, 5.74) is 9.95. The average Bonchev–Trinajstić information content (AvgIpc) is 2.69. The summed E-state index contributed by atoms with van der Waals surface area (Å²) in [5, 5.41) is 0. The number of carbonyl (C=O) groups excluding carboxylic acids is 1. The highest BCUT2D eigenvalue weighted by atomic mass is 16.5. The number of rotatable bonds is 3. The molecule has 0 unspecified atom stereocenters. The van der Waals surface area contributed by atoms with Crippen LogP contribution in [-0.2, 0) is 18.4 Å². The van der Waals surface area contributed by atoms with Crippen molar-refractivity contribution in [3.05, 3.63) is 52.8 Å². The van der Waals surface area contributed by atoms with Crippen LogP contribution in [0, 0.1) is 13.8 Å². The number of hydrogen-bond acceptors (Lipinski definition) is 3. The molecule has 1 aromatic carbocycles. The summed E-state index contributed by atoms with van der Waals surface area (Å²) in [6.45, 7) is 4.29. The van der Waals surface area contributed by atoms with E-state index in [1.165, 1.54) is 0 Å². The lowest BCUT2D eigenvalue weighted by Crippen LogP contribution is -2.10. The van der Waals surface area contributed by atoms with Crippen LogP contribution in [0.15, 0.2) is 30.5 Å². The maximum atomic E-state index is 11.9. The molecule has 1 heterocycles. The largest absolute Gasteiger partial charge is 0.456 e. The van der Waals surface area contributed by atoms with Crippen LogP contribution in [0.5, 0.6) is 0 Å². The van der Waals surface area contributed by atoms with Gasteiger partial charge in [-0.15, -0.1) is 0 Å². The molecule has 4 nitrogen and oxygen atoms in total. The maximum absolute atomic E-state index is 11.9. The number of benzene rings is 1. The van der Waals surface area contributed by atoms with Gasteiger partial charge in [0.15, 0.2) is 0 Å². The Balaban J connectivity index is 2.08. The summed E-state index contributed by atoms with van der Waals surface area (Å²) in [7, 11) is 1.77. The molecule has 0 atom stereocenters. The molecule has 100 valence electrons. The number of aromatic nitrogens is 1. The molecule has 0 radical (unpaired) electrons. The van der Waals surface area contributed by atoms with Crippen LogP contribution in [0.1, 0.15) is 27.2 Å². The third-order valence-electron chi connectivity index (χ3n) is 3.10. The highest BCUT2D eigenvalue weighted by molar-refractivity contribution is 5.89. The van der Waals surface area contributed by atoms with Crippen LogP contribution in [0.3, 0.4) is 0 Å². The Morgan fingerprint density at radius 2 is 2.05 bits per heavy atom. The van der Waals surface area contributed by atoms with Gasteiger partial charge in [-0.2, -0.15) is 0 Å². The van der Waals surface area contributed by atoms with Crippen LogP contribution < -0.4 is 5.73 Å². The van der Waals surface area contributed by atoms with Gasteiger partial charge in [0.05, 0.1) is 5.69 Å². The van der Waals surface area contributed by atoms with Crippen molar-refractivity contribution in [2.75, 3.05) is 5.73 Å². The molecular weight excluding hydrogens is 240 g/mol. The van der Waals surface area contributed by atoms with E-state index in [-0.39, 0.29) is 12.6 Å². The highest BCUT2D eigenvalue weighted by Gasteiger charge is 2.13. The van der Waals surface area contributed by atoms with E-state index in [1.807, 2.05) is 32.0 Å². The minimum atomic E-state index is -0.361. The number of hydrogen-bond donors (Lipinski definition) is 1. The fraction of sp³-hybridized carbons (Fsp3) is 0.267. The molecule has 0 saturated carbocycles. The van der Waals surface area contributed by atoms with Gasteiger partial charge in [0.2, 0.25) is 0 Å². The fourth-order valence-corrected chi connectivity index (χ4v) is 1.97. The Hall–Kier alpha value is -2.23. The van der Waals surface area contributed by atoms with Gasteiger partial charge in [-0.05, 0) is 31.0 Å². The van der Waals surface area contributed by atoms with E-state index in [2.05, 4.69) is 0 Å². The third-order valence-corrected chi connectivity index (χ3v) is 3.10. The van der Waals surface area contributed by atoms with E-state index in [0.29, 0.717) is 11.4 Å². The lowest BCUT2D eigenvalue weighted by Gasteiger charge is -2.09. The number of anilines is 1. The van der Waals surface area contributed by atoms with Crippen molar-refractivity contribution in [3.63, 3.8) is 0 Å². The van der Waals surface area contributed by atoms with Gasteiger partial charge in [-0.1, -0.05) is 23.8 Å². The summed E-state index contributed by atoms with van der Waals surface area (Å²) in [5.74, 6) is -0.361. The molecule has 2 aromatic rings. The van der Waals surface area contributed by atoms with Gasteiger partial charge < -0.3 is 15.0 Å². The number of carbonyl (C=O) groups is 1. The first-order valence-electron chi connectivity index (χ1n) is 6.12. The monoisotopic (exact) mass is 258 g/mol. The Labute approximate surface area is 112 Å². The van der Waals surface area contributed by atoms with Gasteiger partial charge in [0.1, 0.15) is 12.3 Å². The van der Waals surface area contributed by atoms with E-state index in [0.717, 1.165) is 16.7 Å². The topological polar surface area (TPSA) is 57.2 Å². The predicted octanol–water partition coefficient (Wildman–Crippen LogP) is 2.58. The summed E-state index contributed by atoms with van der Waals surface area (Å²) in [6.07, 6.45) is 1.69. The molecule has 2 N–H and O–H groups in total. The molecule has 0 aliphatic heterocycles. The smallest absolute Gasteiger partial charge is 0.355 e. The quantitative estimate of drug-likeness (QED) is 0.861. The number of nitrogens with two attached hydrogens (primary N) is 1. The molecule has 0 bridgehead atoms. The second-order valence-electron chi connectivity index (χ2n) is 4.78. The Morgan fingerprint density at radius 1 is 1.32 bits per heavy atom. The fourth-order valence-electron chi connectivity index (χ4n) is 1.97. The summed E-state index contributed by atoms with van der Waals surface area (Å²) >= 11 is 0. The van der Waals surface area contributed by atoms with E-state index >= 15 is 0 Å². The molecular formula is C15H18N2O2. The Bertz CT molecular complexity index is 615. The standard InChI is InChI=1S/C15H18N2O2/c1-10-4-5-11(2)12(6-10)9-19-15(18)14-7-13(16)8-17(14)3/h4-8H,9,16H2,1-3H3. The number of ether oxygens (including phenoxy) is 1. The van der Waals surface area contributed by atoms with Gasteiger partial charge in [0, 0.05) is 13.2 Å². The van der Waals surface area contributed by atoms with Crippen LogP contribution in [-0.4, -0.2) is 10.5 Å². The van der Waals surface area contributed by atoms with Gasteiger partial charge >= 0.3 is 5.97 Å². The first kappa shape index (κ1) is 13.2. The van der Waals surface area contributed by atoms with E-state index in [4.69, 9.17) is 10.5 Å². The van der Waals surface area contributed by atoms with Crippen molar-refractivity contribution in [1.29, 1.82) is 0 Å². The van der Waals surface area contributed by atoms with Crippen LogP contribution in [0.4, 0.5) is 5.69 Å². The summed E-state index contributed by atoms with van der Waals surface area (Å²) in [4.78, 5) is 11.9. The first-order chi connectivity index (χ1) is 8.97. The zero-order valence-electron chi connectivity index (χ0n) is 11.4. The van der Waals surface area contributed by atoms with E-state index < -0.39 is 0 Å². The zero-order valence-corrected chi connectivity index (χ0v) is 11.4. The number of nitrogens with zero attached hydrogens (tertiary/aromatic N) is 1. The van der Waals surface area contributed by atoms with Crippen molar-refractivity contribution in [2.24, 2.45) is 7.05 Å². The molecule has 1 aromatic heterocycles. The molecule has 4 heteroatoms. The number of nitrogen functional groups attached to an aromatic ring is 1. The highest BCUT2D eigenvalue weighted by Crippen LogP contribution is 2.14. The SMILES string of the molecule is Cc1ccc(C)c(COC(=O)c2cc(N)cn2C)c1. The molecule has 0 fully saturated rings. The van der Waals surface area contributed by atoms with Gasteiger partial charge in [-0.3, -0.25) is 0 Å². The van der Waals surface area contributed by atoms with Crippen molar-refractivity contribution in [2.45, 2.75) is 20.5 Å². The number of aryl methyl sites for hydroxylation is 3. The lowest BCUT2D eigenvalue weighted by atomic mass is 10.1. The summed E-state index contributed by atoms with van der Waals surface area (Å²) in [6, 6.07) is 7.71. The average molecular weight is 258 g/mol. The third kappa shape index (κ3) is 2.96. The first-order valence-corrected chi connectivity index (χ1v) is 6.12. The lowest BCUT2D eigenvalue weighted by molar-refractivity contribution is 0.0461. The molecule has 19 heavy (non-hydrogen) atoms. The van der Waals surface area contributed by atoms with Crippen LogP contribution in [0.2, 0.25) is 0 Å². The number of esters is 1. The molecule has 0 spiro atoms. The second-order valence-corrected chi connectivity index (χ2v) is 4.78. The van der Waals surface area contributed by atoms with Crippen LogP contribution in [0.25, 0.3) is 0 Å². The minimum Gasteiger partial charge on any atom is -0.456 e. The molecule has 0 aliphatic rings. The van der Waals surface area contributed by atoms with E-state index in [1.54, 1.807) is 23.9 Å². The summed E-state index contributed by atoms with van der Waals surface area (Å²) < 4.78 is 7.00. The Morgan fingerprint density at radius 3 is 2.68 bits per heavy atom. The van der Waals surface area contributed by atoms with Crippen molar-refractivity contribution >= 4 is 11.7 Å².